The third-order valence-electron chi connectivity index (χ3n) is 7.83. The van der Waals surface area contributed by atoms with E-state index in [0.717, 1.165) is 44.8 Å². The van der Waals surface area contributed by atoms with Gasteiger partial charge in [-0.3, -0.25) is 0 Å². The fourth-order valence-electron chi connectivity index (χ4n) is 5.50. The minimum absolute atomic E-state index is 0.318. The van der Waals surface area contributed by atoms with Crippen LogP contribution in [0.5, 0.6) is 0 Å². The zero-order chi connectivity index (χ0) is 31.4. The zero-order valence-electron chi connectivity index (χ0n) is 26.6. The second kappa shape index (κ2) is 10.6. The summed E-state index contributed by atoms with van der Waals surface area (Å²) in [5.41, 5.74) is 6.11. The Morgan fingerprint density at radius 1 is 0.444 bits per heavy atom. The molecule has 4 aromatic rings. The van der Waals surface area contributed by atoms with E-state index in [2.05, 4.69) is 39.2 Å². The Morgan fingerprint density at radius 3 is 1.13 bits per heavy atom. The fourth-order valence-corrected chi connectivity index (χ4v) is 5.50. The molecule has 0 atom stereocenters. The van der Waals surface area contributed by atoms with Crippen LogP contribution >= 0.6 is 0 Å². The lowest BCUT2D eigenvalue weighted by molar-refractivity contribution is 0.131. The van der Waals surface area contributed by atoms with Gasteiger partial charge in [-0.2, -0.15) is 0 Å². The lowest BCUT2D eigenvalue weighted by atomic mass is 10.0. The largest absolute Gasteiger partial charge is 0.469 e. The molecule has 0 amide bonds. The number of ether oxygens (including phenoxy) is 3. The average Bonchev–Trinajstić information content (AvgIpc) is 3.71. The molecule has 4 heterocycles. The molecule has 0 saturated carbocycles. The van der Waals surface area contributed by atoms with Crippen molar-refractivity contribution >= 4 is 17.7 Å². The Labute approximate surface area is 264 Å². The molecule has 1 aromatic heterocycles. The Hall–Kier alpha value is -4.85. The van der Waals surface area contributed by atoms with Gasteiger partial charge in [0.1, 0.15) is 16.8 Å². The summed E-state index contributed by atoms with van der Waals surface area (Å²) < 4.78 is 18.4. The summed E-state index contributed by atoms with van der Waals surface area (Å²) in [6.45, 7) is 14.1. The molecular weight excluding hydrogens is 562 g/mol. The van der Waals surface area contributed by atoms with Crippen LogP contribution in [0.3, 0.4) is 0 Å². The van der Waals surface area contributed by atoms with E-state index in [-0.39, 0.29) is 16.8 Å². The maximum atomic E-state index is 6.14. The second-order valence-corrected chi connectivity index (χ2v) is 13.7. The van der Waals surface area contributed by atoms with Gasteiger partial charge in [0, 0.05) is 33.4 Å². The number of aromatic nitrogens is 2. The average molecular weight is 600 g/mol. The summed E-state index contributed by atoms with van der Waals surface area (Å²) in [5, 5.41) is 0. The van der Waals surface area contributed by atoms with Crippen LogP contribution in [0.1, 0.15) is 58.2 Å². The predicted molar refractivity (Wildman–Crippen MR) is 178 cm³/mol. The van der Waals surface area contributed by atoms with Crippen LogP contribution in [0.4, 0.5) is 0 Å². The zero-order valence-corrected chi connectivity index (χ0v) is 26.6. The summed E-state index contributed by atoms with van der Waals surface area (Å²) in [6, 6.07) is 26.4. The Morgan fingerprint density at radius 2 is 0.778 bits per heavy atom. The van der Waals surface area contributed by atoms with Crippen molar-refractivity contribution in [1.29, 1.82) is 0 Å². The standard InChI is InChI=1S/C37H37N5O3/c1-35(2)20-38-32(43-35)26-13-7-10-23(16-26)29-19-30(24-11-8-14-27(17-24)33-39-21-36(3,4)44-33)42-31(41-29)25-12-9-15-28(18-25)34-40-22-37(5,6)45-34/h7-19H,20-22H2,1-6H3. The second-order valence-electron chi connectivity index (χ2n) is 13.7. The van der Waals surface area contributed by atoms with Crippen molar-refractivity contribution < 1.29 is 14.2 Å². The molecular formula is C37H37N5O3. The highest BCUT2D eigenvalue weighted by Gasteiger charge is 2.30. The van der Waals surface area contributed by atoms with E-state index in [9.17, 15) is 0 Å². The van der Waals surface area contributed by atoms with E-state index in [0.29, 0.717) is 43.2 Å². The van der Waals surface area contributed by atoms with Crippen LogP contribution in [0.25, 0.3) is 33.9 Å². The van der Waals surface area contributed by atoms with Gasteiger partial charge in [-0.25, -0.2) is 24.9 Å². The number of benzene rings is 3. The number of aliphatic imine (C=N–C) groups is 3. The molecule has 45 heavy (non-hydrogen) atoms. The van der Waals surface area contributed by atoms with E-state index < -0.39 is 0 Å². The Kier molecular flexibility index (Phi) is 6.84. The molecule has 3 aromatic carbocycles. The molecule has 0 bridgehead atoms. The lowest BCUT2D eigenvalue weighted by Gasteiger charge is -2.18. The summed E-state index contributed by atoms with van der Waals surface area (Å²) in [5.74, 6) is 2.54. The van der Waals surface area contributed by atoms with Crippen LogP contribution < -0.4 is 0 Å². The minimum atomic E-state index is -0.323. The maximum Gasteiger partial charge on any atom is 0.216 e. The van der Waals surface area contributed by atoms with E-state index in [4.69, 9.17) is 24.2 Å². The summed E-state index contributed by atoms with van der Waals surface area (Å²) in [6.07, 6.45) is 0. The van der Waals surface area contributed by atoms with Crippen molar-refractivity contribution in [2.45, 2.75) is 58.3 Å². The fraction of sp³-hybridized carbons (Fsp3) is 0.324. The molecule has 0 fully saturated rings. The Balaban J connectivity index is 1.32. The van der Waals surface area contributed by atoms with Crippen molar-refractivity contribution in [3.63, 3.8) is 0 Å². The topological polar surface area (TPSA) is 90.6 Å². The van der Waals surface area contributed by atoms with Gasteiger partial charge < -0.3 is 14.2 Å². The SMILES string of the molecule is CC1(C)CN=C(c2cccc(-c3cc(-c4cccc(C5=NCC(C)(C)O5)c4)nc(-c4cccc(C5=NCC(C)(C)O5)c4)n3)c2)O1. The third-order valence-corrected chi connectivity index (χ3v) is 7.83. The van der Waals surface area contributed by atoms with Crippen LogP contribution in [-0.2, 0) is 14.2 Å². The summed E-state index contributed by atoms with van der Waals surface area (Å²) >= 11 is 0. The number of hydrogen-bond acceptors (Lipinski definition) is 8. The molecule has 0 unspecified atom stereocenters. The molecule has 228 valence electrons. The summed E-state index contributed by atoms with van der Waals surface area (Å²) in [7, 11) is 0. The van der Waals surface area contributed by atoms with E-state index in [1.807, 2.05) is 96.1 Å². The first-order chi connectivity index (χ1) is 21.4. The van der Waals surface area contributed by atoms with Crippen molar-refractivity contribution in [3.05, 3.63) is 95.6 Å². The van der Waals surface area contributed by atoms with Crippen molar-refractivity contribution in [2.75, 3.05) is 19.6 Å². The van der Waals surface area contributed by atoms with Gasteiger partial charge in [-0.1, -0.05) is 36.4 Å². The molecule has 0 spiro atoms. The maximum absolute atomic E-state index is 6.14. The molecule has 0 aliphatic carbocycles. The summed E-state index contributed by atoms with van der Waals surface area (Å²) in [4.78, 5) is 24.1. The minimum Gasteiger partial charge on any atom is -0.469 e. The van der Waals surface area contributed by atoms with Gasteiger partial charge in [0.05, 0.1) is 31.0 Å². The third kappa shape index (κ3) is 6.10. The molecule has 0 saturated heterocycles. The Bertz CT molecular complexity index is 1670. The van der Waals surface area contributed by atoms with Gasteiger partial charge in [0.2, 0.25) is 17.7 Å². The van der Waals surface area contributed by atoms with E-state index >= 15 is 0 Å². The van der Waals surface area contributed by atoms with Crippen LogP contribution in [0.15, 0.2) is 93.8 Å². The highest BCUT2D eigenvalue weighted by molar-refractivity contribution is 5.98. The van der Waals surface area contributed by atoms with E-state index in [1.54, 1.807) is 0 Å². The van der Waals surface area contributed by atoms with Crippen molar-refractivity contribution in [1.82, 2.24) is 9.97 Å². The van der Waals surface area contributed by atoms with Gasteiger partial charge in [0.25, 0.3) is 0 Å². The lowest BCUT2D eigenvalue weighted by Crippen LogP contribution is -2.24. The first-order valence-electron chi connectivity index (χ1n) is 15.3. The van der Waals surface area contributed by atoms with Crippen LogP contribution in [-0.4, -0.2) is 64.1 Å². The highest BCUT2D eigenvalue weighted by atomic mass is 16.5. The monoisotopic (exact) mass is 599 g/mol. The van der Waals surface area contributed by atoms with Crippen LogP contribution in [0.2, 0.25) is 0 Å². The molecule has 3 aliphatic rings. The number of nitrogens with zero attached hydrogens (tertiary/aromatic N) is 5. The normalized spacial score (nSPS) is 19.2. The number of rotatable bonds is 6. The van der Waals surface area contributed by atoms with E-state index in [1.165, 1.54) is 0 Å². The van der Waals surface area contributed by atoms with Crippen molar-refractivity contribution in [2.24, 2.45) is 15.0 Å². The van der Waals surface area contributed by atoms with Gasteiger partial charge in [0.15, 0.2) is 5.82 Å². The molecule has 7 rings (SSSR count). The molecule has 3 aliphatic heterocycles. The molecule has 8 nitrogen and oxygen atoms in total. The molecule has 0 radical (unpaired) electrons. The van der Waals surface area contributed by atoms with Gasteiger partial charge in [-0.15, -0.1) is 0 Å². The molecule has 0 N–H and O–H groups in total. The molecule has 8 heteroatoms. The quantitative estimate of drug-likeness (QED) is 0.235. The van der Waals surface area contributed by atoms with Gasteiger partial charge in [-0.05, 0) is 84.0 Å². The van der Waals surface area contributed by atoms with Gasteiger partial charge >= 0.3 is 0 Å². The number of hydrogen-bond donors (Lipinski definition) is 0. The predicted octanol–water partition coefficient (Wildman–Crippen LogP) is 7.14. The first-order valence-corrected chi connectivity index (χ1v) is 15.3. The first kappa shape index (κ1) is 28.9. The van der Waals surface area contributed by atoms with Crippen molar-refractivity contribution in [3.8, 4) is 33.9 Å². The smallest absolute Gasteiger partial charge is 0.216 e. The highest BCUT2D eigenvalue weighted by Crippen LogP contribution is 2.32. The van der Waals surface area contributed by atoms with Crippen LogP contribution in [0, 0.1) is 0 Å².